The fraction of sp³-hybridized carbons (Fsp3) is 0.136. The number of fused-ring (bicyclic) bond motifs is 1. The molecule has 4 rings (SSSR count). The molecule has 0 unspecified atom stereocenters. The highest BCUT2D eigenvalue weighted by atomic mass is 35.5. The Hall–Kier alpha value is -2.83. The van der Waals surface area contributed by atoms with Crippen LogP contribution in [0.25, 0.3) is 0 Å². The number of benzene rings is 3. The number of aryl methyl sites for hydroxylation is 1. The zero-order chi connectivity index (χ0) is 20.6. The topological polar surface area (TPSA) is 66.5 Å². The molecule has 0 fully saturated rings. The molecule has 1 aliphatic rings. The molecule has 0 aromatic heterocycles. The standard InChI is InChI=1S/C22H19ClN2O3S/c1-15-6-9-18(10-7-15)29(27,28)24-20-11-8-17(14-19(20)23)22(26)25-13-12-16-4-2-3-5-21(16)25/h2-11,14,24H,12-13H2,1H3. The van der Waals surface area contributed by atoms with Gasteiger partial charge < -0.3 is 4.90 Å². The number of hydrogen-bond acceptors (Lipinski definition) is 3. The molecule has 0 bridgehead atoms. The molecule has 0 atom stereocenters. The van der Waals surface area contributed by atoms with Crippen molar-refractivity contribution in [2.24, 2.45) is 0 Å². The Labute approximate surface area is 175 Å². The minimum Gasteiger partial charge on any atom is -0.308 e. The molecule has 1 aliphatic heterocycles. The van der Waals surface area contributed by atoms with Crippen LogP contribution in [-0.2, 0) is 16.4 Å². The van der Waals surface area contributed by atoms with Crippen LogP contribution < -0.4 is 9.62 Å². The number of halogens is 1. The molecule has 0 radical (unpaired) electrons. The summed E-state index contributed by atoms with van der Waals surface area (Å²) in [6, 6.07) is 18.9. The van der Waals surface area contributed by atoms with Gasteiger partial charge in [0.25, 0.3) is 15.9 Å². The normalized spacial score (nSPS) is 13.2. The van der Waals surface area contributed by atoms with Gasteiger partial charge in [0.1, 0.15) is 0 Å². The summed E-state index contributed by atoms with van der Waals surface area (Å²) in [6.45, 7) is 2.49. The third-order valence-electron chi connectivity index (χ3n) is 4.92. The fourth-order valence-electron chi connectivity index (χ4n) is 3.36. The van der Waals surface area contributed by atoms with E-state index in [4.69, 9.17) is 11.6 Å². The van der Waals surface area contributed by atoms with Crippen molar-refractivity contribution in [1.29, 1.82) is 0 Å². The summed E-state index contributed by atoms with van der Waals surface area (Å²) < 4.78 is 27.7. The zero-order valence-electron chi connectivity index (χ0n) is 15.7. The second kappa shape index (κ2) is 7.54. The summed E-state index contributed by atoms with van der Waals surface area (Å²) in [5, 5.41) is 0.166. The van der Waals surface area contributed by atoms with Crippen LogP contribution in [-0.4, -0.2) is 20.9 Å². The van der Waals surface area contributed by atoms with E-state index < -0.39 is 10.0 Å². The molecule has 148 valence electrons. The van der Waals surface area contributed by atoms with Crippen LogP contribution in [0.15, 0.2) is 71.6 Å². The summed E-state index contributed by atoms with van der Waals surface area (Å²) in [6.07, 6.45) is 0.810. The number of carbonyl (C=O) groups excluding carboxylic acids is 1. The Balaban J connectivity index is 1.57. The van der Waals surface area contributed by atoms with E-state index in [1.165, 1.54) is 24.3 Å². The lowest BCUT2D eigenvalue weighted by atomic mass is 10.1. The van der Waals surface area contributed by atoms with E-state index in [0.717, 1.165) is 23.2 Å². The largest absolute Gasteiger partial charge is 0.308 e. The fourth-order valence-corrected chi connectivity index (χ4v) is 4.72. The summed E-state index contributed by atoms with van der Waals surface area (Å²) in [7, 11) is -3.77. The number of amides is 1. The number of anilines is 2. The quantitative estimate of drug-likeness (QED) is 0.660. The Morgan fingerprint density at radius 1 is 1.03 bits per heavy atom. The van der Waals surface area contributed by atoms with Gasteiger partial charge in [-0.1, -0.05) is 47.5 Å². The molecule has 0 aliphatic carbocycles. The van der Waals surface area contributed by atoms with Crippen molar-refractivity contribution in [3.63, 3.8) is 0 Å². The van der Waals surface area contributed by atoms with Crippen molar-refractivity contribution in [3.05, 3.63) is 88.4 Å². The summed E-state index contributed by atoms with van der Waals surface area (Å²) in [5.41, 5.74) is 3.64. The lowest BCUT2D eigenvalue weighted by Crippen LogP contribution is -2.28. The number of carbonyl (C=O) groups is 1. The van der Waals surface area contributed by atoms with Gasteiger partial charge in [0.15, 0.2) is 0 Å². The van der Waals surface area contributed by atoms with Crippen LogP contribution in [0.5, 0.6) is 0 Å². The summed E-state index contributed by atoms with van der Waals surface area (Å²) in [5.74, 6) is -0.162. The van der Waals surface area contributed by atoms with Gasteiger partial charge in [-0.2, -0.15) is 0 Å². The lowest BCUT2D eigenvalue weighted by molar-refractivity contribution is 0.0989. The van der Waals surface area contributed by atoms with Gasteiger partial charge in [-0.25, -0.2) is 8.42 Å². The van der Waals surface area contributed by atoms with Gasteiger partial charge in [0, 0.05) is 17.8 Å². The Kier molecular flexibility index (Phi) is 5.06. The Morgan fingerprint density at radius 2 is 1.76 bits per heavy atom. The molecule has 1 N–H and O–H groups in total. The van der Waals surface area contributed by atoms with Crippen molar-refractivity contribution in [3.8, 4) is 0 Å². The monoisotopic (exact) mass is 426 g/mol. The van der Waals surface area contributed by atoms with Crippen LogP contribution in [0.1, 0.15) is 21.5 Å². The maximum atomic E-state index is 12.9. The van der Waals surface area contributed by atoms with E-state index in [0.29, 0.717) is 12.1 Å². The summed E-state index contributed by atoms with van der Waals surface area (Å²) in [4.78, 5) is 14.8. The first-order valence-electron chi connectivity index (χ1n) is 9.14. The second-order valence-electron chi connectivity index (χ2n) is 6.95. The van der Waals surface area contributed by atoms with Gasteiger partial charge >= 0.3 is 0 Å². The Morgan fingerprint density at radius 3 is 2.48 bits per heavy atom. The molecule has 29 heavy (non-hydrogen) atoms. The molecule has 1 amide bonds. The number of nitrogens with one attached hydrogen (secondary N) is 1. The predicted molar refractivity (Wildman–Crippen MR) is 115 cm³/mol. The summed E-state index contributed by atoms with van der Waals surface area (Å²) >= 11 is 6.30. The number of para-hydroxylation sites is 1. The predicted octanol–water partition coefficient (Wildman–Crippen LogP) is 4.65. The van der Waals surface area contributed by atoms with Crippen LogP contribution in [0.3, 0.4) is 0 Å². The van der Waals surface area contributed by atoms with Gasteiger partial charge in [-0.3, -0.25) is 9.52 Å². The maximum absolute atomic E-state index is 12.9. The molecule has 0 saturated heterocycles. The van der Waals surface area contributed by atoms with E-state index >= 15 is 0 Å². The molecule has 3 aromatic carbocycles. The molecule has 7 heteroatoms. The average Bonchev–Trinajstić information content (AvgIpc) is 3.13. The average molecular weight is 427 g/mol. The number of nitrogens with zero attached hydrogens (tertiary/aromatic N) is 1. The van der Waals surface area contributed by atoms with E-state index in [1.54, 1.807) is 23.1 Å². The molecular weight excluding hydrogens is 408 g/mol. The molecular formula is C22H19ClN2O3S. The van der Waals surface area contributed by atoms with Crippen molar-refractivity contribution < 1.29 is 13.2 Å². The smallest absolute Gasteiger partial charge is 0.261 e. The van der Waals surface area contributed by atoms with Crippen LogP contribution in [0, 0.1) is 6.92 Å². The minimum absolute atomic E-state index is 0.146. The van der Waals surface area contributed by atoms with Crippen molar-refractivity contribution in [1.82, 2.24) is 0 Å². The first-order chi connectivity index (χ1) is 13.8. The third kappa shape index (κ3) is 3.86. The molecule has 1 heterocycles. The number of hydrogen-bond donors (Lipinski definition) is 1. The van der Waals surface area contributed by atoms with Crippen molar-refractivity contribution in [2.75, 3.05) is 16.2 Å². The number of rotatable bonds is 4. The Bertz CT molecular complexity index is 1190. The first kappa shape index (κ1) is 19.5. The molecule has 0 saturated carbocycles. The SMILES string of the molecule is Cc1ccc(S(=O)(=O)Nc2ccc(C(=O)N3CCc4ccccc43)cc2Cl)cc1. The highest BCUT2D eigenvalue weighted by Gasteiger charge is 2.26. The van der Waals surface area contributed by atoms with Crippen LogP contribution >= 0.6 is 11.6 Å². The van der Waals surface area contributed by atoms with Gasteiger partial charge in [0.05, 0.1) is 15.6 Å². The van der Waals surface area contributed by atoms with E-state index in [1.807, 2.05) is 31.2 Å². The van der Waals surface area contributed by atoms with Crippen LogP contribution in [0.2, 0.25) is 5.02 Å². The zero-order valence-corrected chi connectivity index (χ0v) is 17.3. The maximum Gasteiger partial charge on any atom is 0.261 e. The lowest BCUT2D eigenvalue weighted by Gasteiger charge is -2.18. The van der Waals surface area contributed by atoms with E-state index in [9.17, 15) is 13.2 Å². The highest BCUT2D eigenvalue weighted by molar-refractivity contribution is 7.92. The number of sulfonamides is 1. The molecule has 0 spiro atoms. The van der Waals surface area contributed by atoms with Crippen LogP contribution in [0.4, 0.5) is 11.4 Å². The van der Waals surface area contributed by atoms with Crippen molar-refractivity contribution in [2.45, 2.75) is 18.2 Å². The van der Waals surface area contributed by atoms with Crippen molar-refractivity contribution >= 4 is 38.9 Å². The van der Waals surface area contributed by atoms with Gasteiger partial charge in [0.2, 0.25) is 0 Å². The minimum atomic E-state index is -3.77. The third-order valence-corrected chi connectivity index (χ3v) is 6.62. The first-order valence-corrected chi connectivity index (χ1v) is 11.0. The van der Waals surface area contributed by atoms with E-state index in [-0.39, 0.29) is 21.5 Å². The molecule has 5 nitrogen and oxygen atoms in total. The highest BCUT2D eigenvalue weighted by Crippen LogP contribution is 2.31. The second-order valence-corrected chi connectivity index (χ2v) is 9.04. The van der Waals surface area contributed by atoms with Gasteiger partial charge in [-0.15, -0.1) is 0 Å². The van der Waals surface area contributed by atoms with Gasteiger partial charge in [-0.05, 0) is 55.3 Å². The molecule has 3 aromatic rings. The van der Waals surface area contributed by atoms with E-state index in [2.05, 4.69) is 4.72 Å².